The highest BCUT2D eigenvalue weighted by molar-refractivity contribution is 7.89. The smallest absolute Gasteiger partial charge is 0.240 e. The van der Waals surface area contributed by atoms with Gasteiger partial charge < -0.3 is 4.74 Å². The van der Waals surface area contributed by atoms with Gasteiger partial charge in [-0.25, -0.2) is 13.1 Å². The van der Waals surface area contributed by atoms with Crippen LogP contribution in [-0.4, -0.2) is 21.6 Å². The fourth-order valence-corrected chi connectivity index (χ4v) is 3.63. The summed E-state index contributed by atoms with van der Waals surface area (Å²) in [7, 11) is -3.51. The van der Waals surface area contributed by atoms with E-state index < -0.39 is 10.0 Å². The zero-order valence-corrected chi connectivity index (χ0v) is 14.8. The Kier molecular flexibility index (Phi) is 5.44. The Morgan fingerprint density at radius 2 is 1.74 bits per heavy atom. The molecule has 0 aromatic heterocycles. The predicted octanol–water partition coefficient (Wildman–Crippen LogP) is 3.28. The maximum absolute atomic E-state index is 12.3. The molecule has 0 radical (unpaired) electrons. The predicted molar refractivity (Wildman–Crippen MR) is 92.5 cm³/mol. The van der Waals surface area contributed by atoms with E-state index in [-0.39, 0.29) is 13.2 Å². The zero-order chi connectivity index (χ0) is 17.0. The second-order valence-corrected chi connectivity index (χ2v) is 7.45. The summed E-state index contributed by atoms with van der Waals surface area (Å²) in [5, 5.41) is 0. The Balaban J connectivity index is 1.96. The van der Waals surface area contributed by atoms with E-state index >= 15 is 0 Å². The van der Waals surface area contributed by atoms with Gasteiger partial charge in [0.1, 0.15) is 12.4 Å². The van der Waals surface area contributed by atoms with Crippen molar-refractivity contribution >= 4 is 10.0 Å². The van der Waals surface area contributed by atoms with Crippen molar-refractivity contribution in [3.63, 3.8) is 0 Å². The van der Waals surface area contributed by atoms with E-state index in [0.29, 0.717) is 4.90 Å². The number of ether oxygens (including phenoxy) is 1. The van der Waals surface area contributed by atoms with Crippen LogP contribution in [0, 0.1) is 27.7 Å². The van der Waals surface area contributed by atoms with E-state index in [1.54, 1.807) is 19.1 Å². The fraction of sp³-hybridized carbons (Fsp3) is 0.333. The van der Waals surface area contributed by atoms with Gasteiger partial charge in [-0.05, 0) is 56.5 Å². The number of nitrogens with one attached hydrogen (secondary N) is 1. The van der Waals surface area contributed by atoms with E-state index in [9.17, 15) is 8.42 Å². The van der Waals surface area contributed by atoms with Crippen LogP contribution in [0.25, 0.3) is 0 Å². The Morgan fingerprint density at radius 1 is 1.00 bits per heavy atom. The summed E-state index contributed by atoms with van der Waals surface area (Å²) >= 11 is 0. The van der Waals surface area contributed by atoms with E-state index in [0.717, 1.165) is 28.0 Å². The van der Waals surface area contributed by atoms with Crippen molar-refractivity contribution in [3.8, 4) is 5.75 Å². The van der Waals surface area contributed by atoms with Crippen LogP contribution in [0.5, 0.6) is 5.75 Å². The van der Waals surface area contributed by atoms with Gasteiger partial charge in [-0.2, -0.15) is 0 Å². The molecule has 2 aromatic carbocycles. The minimum absolute atomic E-state index is 0.225. The molecule has 0 aliphatic heterocycles. The molecule has 1 N–H and O–H groups in total. The van der Waals surface area contributed by atoms with Crippen molar-refractivity contribution in [2.24, 2.45) is 0 Å². The SMILES string of the molecule is Cc1ccc(S(=O)(=O)NCCOc2cccc(C)c2C)c(C)c1. The molecular weight excluding hydrogens is 310 g/mol. The largest absolute Gasteiger partial charge is 0.492 e. The summed E-state index contributed by atoms with van der Waals surface area (Å²) in [6, 6.07) is 11.1. The van der Waals surface area contributed by atoms with E-state index in [1.165, 1.54) is 0 Å². The first-order valence-corrected chi connectivity index (χ1v) is 9.05. The van der Waals surface area contributed by atoms with Gasteiger partial charge in [0.25, 0.3) is 0 Å². The molecule has 0 spiro atoms. The van der Waals surface area contributed by atoms with Crippen molar-refractivity contribution in [3.05, 3.63) is 58.7 Å². The number of hydrogen-bond donors (Lipinski definition) is 1. The molecule has 0 aliphatic rings. The summed E-state index contributed by atoms with van der Waals surface area (Å²) < 4.78 is 32.9. The van der Waals surface area contributed by atoms with Gasteiger partial charge in [0, 0.05) is 6.54 Å². The van der Waals surface area contributed by atoms with Crippen LogP contribution in [0.2, 0.25) is 0 Å². The van der Waals surface area contributed by atoms with E-state index in [4.69, 9.17) is 4.74 Å². The van der Waals surface area contributed by atoms with Crippen LogP contribution in [0.4, 0.5) is 0 Å². The van der Waals surface area contributed by atoms with Crippen molar-refractivity contribution in [1.82, 2.24) is 4.72 Å². The molecular formula is C18H23NO3S. The second-order valence-electron chi connectivity index (χ2n) is 5.71. The highest BCUT2D eigenvalue weighted by Crippen LogP contribution is 2.20. The molecule has 23 heavy (non-hydrogen) atoms. The number of hydrogen-bond acceptors (Lipinski definition) is 3. The van der Waals surface area contributed by atoms with Gasteiger partial charge in [-0.1, -0.05) is 29.8 Å². The Morgan fingerprint density at radius 3 is 2.43 bits per heavy atom. The zero-order valence-electron chi connectivity index (χ0n) is 14.0. The average molecular weight is 333 g/mol. The van der Waals surface area contributed by atoms with Crippen LogP contribution >= 0.6 is 0 Å². The van der Waals surface area contributed by atoms with Crippen LogP contribution < -0.4 is 9.46 Å². The molecule has 0 bridgehead atoms. The monoisotopic (exact) mass is 333 g/mol. The number of sulfonamides is 1. The van der Waals surface area contributed by atoms with Gasteiger partial charge in [0.2, 0.25) is 10.0 Å². The van der Waals surface area contributed by atoms with Crippen molar-refractivity contribution < 1.29 is 13.2 Å². The first-order valence-electron chi connectivity index (χ1n) is 7.57. The standard InChI is InChI=1S/C18H23NO3S/c1-13-8-9-18(15(3)12-13)23(20,21)19-10-11-22-17-7-5-6-14(2)16(17)4/h5-9,12,19H,10-11H2,1-4H3. The molecule has 0 atom stereocenters. The lowest BCUT2D eigenvalue weighted by molar-refractivity contribution is 0.320. The van der Waals surface area contributed by atoms with Crippen LogP contribution in [0.3, 0.4) is 0 Å². The summed E-state index contributed by atoms with van der Waals surface area (Å²) in [5.74, 6) is 0.788. The number of aryl methyl sites for hydroxylation is 3. The Bertz CT molecular complexity index is 798. The maximum Gasteiger partial charge on any atom is 0.240 e. The molecule has 124 valence electrons. The summed E-state index contributed by atoms with van der Waals surface area (Å²) in [5.41, 5.74) is 4.01. The lowest BCUT2D eigenvalue weighted by atomic mass is 10.1. The minimum atomic E-state index is -3.51. The minimum Gasteiger partial charge on any atom is -0.492 e. The molecule has 0 amide bonds. The molecule has 2 aromatic rings. The third-order valence-electron chi connectivity index (χ3n) is 3.83. The summed E-state index contributed by atoms with van der Waals surface area (Å²) in [6.07, 6.45) is 0. The van der Waals surface area contributed by atoms with Gasteiger partial charge >= 0.3 is 0 Å². The van der Waals surface area contributed by atoms with Crippen molar-refractivity contribution in [2.75, 3.05) is 13.2 Å². The molecule has 4 nitrogen and oxygen atoms in total. The molecule has 0 heterocycles. The average Bonchev–Trinajstić information content (AvgIpc) is 2.47. The molecule has 0 aliphatic carbocycles. The van der Waals surface area contributed by atoms with Crippen molar-refractivity contribution in [2.45, 2.75) is 32.6 Å². The third-order valence-corrected chi connectivity index (χ3v) is 5.45. The van der Waals surface area contributed by atoms with Crippen LogP contribution in [-0.2, 0) is 10.0 Å². The molecule has 0 unspecified atom stereocenters. The summed E-state index contributed by atoms with van der Waals surface area (Å²) in [6.45, 7) is 8.26. The molecule has 0 saturated carbocycles. The first-order chi connectivity index (χ1) is 10.8. The Labute approximate surface area is 138 Å². The molecule has 5 heteroatoms. The lowest BCUT2D eigenvalue weighted by Crippen LogP contribution is -2.28. The van der Waals surface area contributed by atoms with Crippen LogP contribution in [0.15, 0.2) is 41.3 Å². The normalized spacial score (nSPS) is 11.5. The quantitative estimate of drug-likeness (QED) is 0.826. The maximum atomic E-state index is 12.3. The van der Waals surface area contributed by atoms with E-state index in [1.807, 2.05) is 45.0 Å². The second kappa shape index (κ2) is 7.15. The summed E-state index contributed by atoms with van der Waals surface area (Å²) in [4.78, 5) is 0.315. The van der Waals surface area contributed by atoms with Crippen molar-refractivity contribution in [1.29, 1.82) is 0 Å². The number of benzene rings is 2. The van der Waals surface area contributed by atoms with E-state index in [2.05, 4.69) is 4.72 Å². The third kappa shape index (κ3) is 4.33. The highest BCUT2D eigenvalue weighted by Gasteiger charge is 2.16. The highest BCUT2D eigenvalue weighted by atomic mass is 32.2. The molecule has 2 rings (SSSR count). The fourth-order valence-electron chi connectivity index (χ4n) is 2.40. The van der Waals surface area contributed by atoms with Gasteiger partial charge in [0.15, 0.2) is 0 Å². The van der Waals surface area contributed by atoms with Gasteiger partial charge in [-0.15, -0.1) is 0 Å². The van der Waals surface area contributed by atoms with Gasteiger partial charge in [-0.3, -0.25) is 0 Å². The molecule has 0 saturated heterocycles. The topological polar surface area (TPSA) is 55.4 Å². The van der Waals surface area contributed by atoms with Gasteiger partial charge in [0.05, 0.1) is 4.90 Å². The molecule has 0 fully saturated rings. The Hall–Kier alpha value is -1.85. The number of rotatable bonds is 6. The first kappa shape index (κ1) is 17.5. The van der Waals surface area contributed by atoms with Crippen LogP contribution in [0.1, 0.15) is 22.3 Å². The lowest BCUT2D eigenvalue weighted by Gasteiger charge is -2.12.